The lowest BCUT2D eigenvalue weighted by atomic mass is 9.76. The van der Waals surface area contributed by atoms with Crippen molar-refractivity contribution in [3.05, 3.63) is 47.5 Å². The van der Waals surface area contributed by atoms with Crippen LogP contribution in [0, 0.1) is 19.3 Å². The molecule has 4 rings (SSSR count). The van der Waals surface area contributed by atoms with Gasteiger partial charge < -0.3 is 10.2 Å². The Morgan fingerprint density at radius 1 is 1.22 bits per heavy atom. The quantitative estimate of drug-likeness (QED) is 0.745. The summed E-state index contributed by atoms with van der Waals surface area (Å²) in [4.78, 5) is 34.0. The smallest absolute Gasteiger partial charge is 0.237 e. The van der Waals surface area contributed by atoms with Crippen LogP contribution in [0.25, 0.3) is 0 Å². The van der Waals surface area contributed by atoms with E-state index in [2.05, 4.69) is 20.3 Å². The summed E-state index contributed by atoms with van der Waals surface area (Å²) in [6.07, 6.45) is 4.98. The first-order valence-electron chi connectivity index (χ1n) is 11.5. The highest BCUT2D eigenvalue weighted by molar-refractivity contribution is 5.82. The van der Waals surface area contributed by atoms with Gasteiger partial charge >= 0.3 is 0 Å². The number of carbonyl (C=O) groups is 2. The summed E-state index contributed by atoms with van der Waals surface area (Å²) in [6.45, 7) is 7.52. The number of pyridine rings is 1. The zero-order valence-corrected chi connectivity index (χ0v) is 19.4. The molecule has 1 N–H and O–H groups in total. The van der Waals surface area contributed by atoms with Crippen molar-refractivity contribution in [3.63, 3.8) is 0 Å². The Hall–Kier alpha value is -2.74. The van der Waals surface area contributed by atoms with Crippen LogP contribution in [0.2, 0.25) is 0 Å². The van der Waals surface area contributed by atoms with Crippen molar-refractivity contribution in [2.45, 2.75) is 58.7 Å². The second kappa shape index (κ2) is 9.40. The van der Waals surface area contributed by atoms with Crippen molar-refractivity contribution in [2.24, 2.45) is 5.41 Å². The van der Waals surface area contributed by atoms with E-state index in [9.17, 15) is 9.59 Å². The molecule has 32 heavy (non-hydrogen) atoms. The van der Waals surface area contributed by atoms with Gasteiger partial charge in [-0.15, -0.1) is 0 Å². The number of aryl methyl sites for hydroxylation is 3. The fourth-order valence-corrected chi connectivity index (χ4v) is 5.21. The molecule has 2 aliphatic rings. The number of nitrogens with zero attached hydrogens (tertiary/aromatic N) is 5. The van der Waals surface area contributed by atoms with Gasteiger partial charge in [-0.2, -0.15) is 5.10 Å². The Morgan fingerprint density at radius 2 is 2.00 bits per heavy atom. The monoisotopic (exact) mass is 438 g/mol. The summed E-state index contributed by atoms with van der Waals surface area (Å²) < 4.78 is 1.92. The topological polar surface area (TPSA) is 83.4 Å². The molecular formula is C24H34N6O2. The van der Waals surface area contributed by atoms with Crippen LogP contribution in [-0.4, -0.2) is 69.1 Å². The zero-order chi connectivity index (χ0) is 22.7. The van der Waals surface area contributed by atoms with E-state index in [1.165, 1.54) is 0 Å². The van der Waals surface area contributed by atoms with Crippen LogP contribution >= 0.6 is 0 Å². The predicted molar refractivity (Wildman–Crippen MR) is 122 cm³/mol. The maximum Gasteiger partial charge on any atom is 0.237 e. The molecule has 2 fully saturated rings. The predicted octanol–water partition coefficient (Wildman–Crippen LogP) is 1.91. The first-order valence-corrected chi connectivity index (χ1v) is 11.5. The standard InChI is InChI=1S/C24H34N6O2/c1-18-14-19(2)30(27-18)11-7-22(31)29-12-8-24(9-13-29)15-21(28(3)17-24)23(32)26-16-20-6-4-5-10-25-20/h4-6,10,14,21H,7-9,11-13,15-17H2,1-3H3,(H,26,32)/t21-/m0/s1. The minimum absolute atomic E-state index is 0.0680. The first-order chi connectivity index (χ1) is 15.3. The lowest BCUT2D eigenvalue weighted by Crippen LogP contribution is -2.44. The van der Waals surface area contributed by atoms with E-state index in [-0.39, 0.29) is 23.3 Å². The molecule has 2 amide bonds. The van der Waals surface area contributed by atoms with Gasteiger partial charge in [0.1, 0.15) is 0 Å². The summed E-state index contributed by atoms with van der Waals surface area (Å²) in [6, 6.07) is 7.64. The molecule has 2 aliphatic heterocycles. The van der Waals surface area contributed by atoms with E-state index in [1.807, 2.05) is 54.7 Å². The number of hydrogen-bond acceptors (Lipinski definition) is 5. The van der Waals surface area contributed by atoms with Gasteiger partial charge in [0.05, 0.1) is 24.0 Å². The number of likely N-dealkylation sites (N-methyl/N-ethyl adjacent to an activating group) is 1. The minimum atomic E-state index is -0.119. The summed E-state index contributed by atoms with van der Waals surface area (Å²) >= 11 is 0. The Kier molecular flexibility index (Phi) is 6.60. The van der Waals surface area contributed by atoms with Crippen molar-refractivity contribution in [1.29, 1.82) is 0 Å². The highest BCUT2D eigenvalue weighted by Crippen LogP contribution is 2.42. The van der Waals surface area contributed by atoms with Crippen molar-refractivity contribution in [3.8, 4) is 0 Å². The van der Waals surface area contributed by atoms with Crippen molar-refractivity contribution >= 4 is 11.8 Å². The third-order valence-corrected chi connectivity index (χ3v) is 7.03. The third-order valence-electron chi connectivity index (χ3n) is 7.03. The number of amides is 2. The number of carbonyl (C=O) groups excluding carboxylic acids is 2. The summed E-state index contributed by atoms with van der Waals surface area (Å²) in [7, 11) is 2.03. The fourth-order valence-electron chi connectivity index (χ4n) is 5.21. The molecule has 2 saturated heterocycles. The lowest BCUT2D eigenvalue weighted by Gasteiger charge is -2.39. The van der Waals surface area contributed by atoms with Gasteiger partial charge in [-0.05, 0) is 63.8 Å². The summed E-state index contributed by atoms with van der Waals surface area (Å²) in [5.74, 6) is 0.266. The lowest BCUT2D eigenvalue weighted by molar-refractivity contribution is -0.134. The van der Waals surface area contributed by atoms with Gasteiger partial charge in [-0.1, -0.05) is 6.07 Å². The van der Waals surface area contributed by atoms with Gasteiger partial charge in [0, 0.05) is 44.5 Å². The highest BCUT2D eigenvalue weighted by atomic mass is 16.2. The second-order valence-electron chi connectivity index (χ2n) is 9.45. The van der Waals surface area contributed by atoms with Gasteiger partial charge in [-0.25, -0.2) is 0 Å². The average Bonchev–Trinajstić information content (AvgIpc) is 3.29. The van der Waals surface area contributed by atoms with Crippen LogP contribution < -0.4 is 5.32 Å². The molecule has 8 nitrogen and oxygen atoms in total. The fraction of sp³-hybridized carbons (Fsp3) is 0.583. The van der Waals surface area contributed by atoms with Crippen molar-refractivity contribution in [1.82, 2.24) is 29.9 Å². The molecule has 0 saturated carbocycles. The molecule has 4 heterocycles. The maximum atomic E-state index is 12.8. The van der Waals surface area contributed by atoms with Crippen LogP contribution in [0.4, 0.5) is 0 Å². The Labute approximate surface area is 190 Å². The van der Waals surface area contributed by atoms with Crippen molar-refractivity contribution in [2.75, 3.05) is 26.7 Å². The van der Waals surface area contributed by atoms with Gasteiger partial charge in [0.15, 0.2) is 0 Å². The molecule has 2 aromatic heterocycles. The van der Waals surface area contributed by atoms with Crippen LogP contribution in [0.15, 0.2) is 30.5 Å². The molecular weight excluding hydrogens is 404 g/mol. The Morgan fingerprint density at radius 3 is 2.66 bits per heavy atom. The highest BCUT2D eigenvalue weighted by Gasteiger charge is 2.46. The summed E-state index contributed by atoms with van der Waals surface area (Å²) in [5, 5.41) is 7.49. The van der Waals surface area contributed by atoms with E-state index in [4.69, 9.17) is 0 Å². The minimum Gasteiger partial charge on any atom is -0.349 e. The van der Waals surface area contributed by atoms with E-state index < -0.39 is 0 Å². The van der Waals surface area contributed by atoms with E-state index in [1.54, 1.807) is 6.20 Å². The van der Waals surface area contributed by atoms with Crippen molar-refractivity contribution < 1.29 is 9.59 Å². The molecule has 0 unspecified atom stereocenters. The largest absolute Gasteiger partial charge is 0.349 e. The number of likely N-dealkylation sites (tertiary alicyclic amines) is 2. The maximum absolute atomic E-state index is 12.8. The molecule has 2 aromatic rings. The second-order valence-corrected chi connectivity index (χ2v) is 9.45. The number of rotatable bonds is 6. The molecule has 1 spiro atoms. The molecule has 0 radical (unpaired) electrons. The zero-order valence-electron chi connectivity index (χ0n) is 19.4. The first kappa shape index (κ1) is 22.5. The van der Waals surface area contributed by atoms with Gasteiger partial charge in [0.25, 0.3) is 0 Å². The van der Waals surface area contributed by atoms with Crippen LogP contribution in [0.5, 0.6) is 0 Å². The van der Waals surface area contributed by atoms with E-state index in [0.29, 0.717) is 19.5 Å². The molecule has 0 aromatic carbocycles. The molecule has 0 bridgehead atoms. The number of nitrogens with one attached hydrogen (secondary N) is 1. The molecule has 1 atom stereocenters. The van der Waals surface area contributed by atoms with E-state index >= 15 is 0 Å². The molecule has 8 heteroatoms. The summed E-state index contributed by atoms with van der Waals surface area (Å²) in [5.41, 5.74) is 3.06. The van der Waals surface area contributed by atoms with Gasteiger partial charge in [-0.3, -0.25) is 24.2 Å². The Balaban J connectivity index is 1.26. The average molecular weight is 439 g/mol. The normalized spacial score (nSPS) is 20.6. The molecule has 0 aliphatic carbocycles. The van der Waals surface area contributed by atoms with Gasteiger partial charge in [0.2, 0.25) is 11.8 Å². The Bertz CT molecular complexity index is 949. The van der Waals surface area contributed by atoms with Crippen LogP contribution in [0.1, 0.15) is 42.8 Å². The number of piperidine rings is 1. The number of hydrogen-bond donors (Lipinski definition) is 1. The van der Waals surface area contributed by atoms with E-state index in [0.717, 1.165) is 56.0 Å². The SMILES string of the molecule is Cc1cc(C)n(CCC(=O)N2CCC3(CC2)C[C@@H](C(=O)NCc2ccccn2)N(C)C3)n1. The third kappa shape index (κ3) is 5.01. The van der Waals surface area contributed by atoms with Crippen LogP contribution in [0.3, 0.4) is 0 Å². The number of aromatic nitrogens is 3. The molecule has 172 valence electrons. The van der Waals surface area contributed by atoms with Crippen LogP contribution in [-0.2, 0) is 22.7 Å².